The predicted molar refractivity (Wildman–Crippen MR) is 109 cm³/mol. The minimum absolute atomic E-state index is 0.00818. The Balaban J connectivity index is 1.91. The summed E-state index contributed by atoms with van der Waals surface area (Å²) >= 11 is 6.42. The highest BCUT2D eigenvalue weighted by atomic mass is 32.2. The molecular weight excluding hydrogens is 404 g/mol. The fraction of sp³-hybridized carbons (Fsp3) is 0.333. The summed E-state index contributed by atoms with van der Waals surface area (Å²) in [6.45, 7) is 0.376. The number of rotatable bonds is 9. The van der Waals surface area contributed by atoms with Gasteiger partial charge >= 0.3 is 5.97 Å². The summed E-state index contributed by atoms with van der Waals surface area (Å²) < 4.78 is 5.47. The van der Waals surface area contributed by atoms with Crippen molar-refractivity contribution < 1.29 is 29.3 Å². The van der Waals surface area contributed by atoms with Gasteiger partial charge in [0, 0.05) is 19.5 Å². The molecule has 2 amide bonds. The number of hydrogen-bond donors (Lipinski definition) is 3. The number of nitrogens with zero attached hydrogens (tertiary/aromatic N) is 1. The van der Waals surface area contributed by atoms with Gasteiger partial charge in [0.05, 0.1) is 18.4 Å². The minimum atomic E-state index is -0.976. The topological polar surface area (TPSA) is 116 Å². The van der Waals surface area contributed by atoms with E-state index < -0.39 is 5.97 Å². The Kier molecular flexibility index (Phi) is 7.82. The second kappa shape index (κ2) is 10.1. The van der Waals surface area contributed by atoms with Gasteiger partial charge in [0.2, 0.25) is 5.91 Å². The third kappa shape index (κ3) is 5.96. The Bertz CT molecular complexity index is 824. The highest BCUT2D eigenvalue weighted by Crippen LogP contribution is 2.34. The molecule has 1 aliphatic heterocycles. The second-order valence-electron chi connectivity index (χ2n) is 5.86. The number of carbonyl (C=O) groups excluding carboxylic acids is 2. The molecular formula is C18H20N2O6S2. The van der Waals surface area contributed by atoms with Gasteiger partial charge < -0.3 is 20.3 Å². The number of nitrogens with one attached hydrogen (secondary N) is 1. The molecule has 0 aromatic heterocycles. The maximum Gasteiger partial charge on any atom is 0.305 e. The first-order valence-electron chi connectivity index (χ1n) is 8.42. The number of aliphatic carboxylic acids is 1. The van der Waals surface area contributed by atoms with E-state index in [1.807, 2.05) is 0 Å². The van der Waals surface area contributed by atoms with Gasteiger partial charge in [-0.15, -0.1) is 0 Å². The Morgan fingerprint density at radius 3 is 2.79 bits per heavy atom. The van der Waals surface area contributed by atoms with E-state index in [0.29, 0.717) is 33.5 Å². The number of phenolic OH excluding ortho intramolecular Hbond substituents is 1. The van der Waals surface area contributed by atoms with Crippen molar-refractivity contribution in [3.05, 3.63) is 28.7 Å². The fourth-order valence-corrected chi connectivity index (χ4v) is 3.73. The number of carboxylic acid groups (broad SMARTS) is 1. The maximum absolute atomic E-state index is 12.6. The lowest BCUT2D eigenvalue weighted by Gasteiger charge is -2.14. The largest absolute Gasteiger partial charge is 0.504 e. The number of carbonyl (C=O) groups is 3. The standard InChI is InChI=1S/C18H20N2O6S2/c1-26-13-9-11(4-5-12(13)21)10-14-17(25)20(18(27)28-14)8-2-3-15(22)19-7-6-16(23)24/h4-5,9-10,21H,2-3,6-8H2,1H3,(H,19,22)(H,23,24)/b14-10-. The average molecular weight is 425 g/mol. The van der Waals surface area contributed by atoms with Crippen molar-refractivity contribution in [2.24, 2.45) is 0 Å². The van der Waals surface area contributed by atoms with E-state index in [2.05, 4.69) is 5.32 Å². The molecule has 0 saturated carbocycles. The lowest BCUT2D eigenvalue weighted by molar-refractivity contribution is -0.137. The van der Waals surface area contributed by atoms with E-state index in [-0.39, 0.29) is 37.0 Å². The van der Waals surface area contributed by atoms with Crippen LogP contribution in [-0.4, -0.2) is 57.4 Å². The van der Waals surface area contributed by atoms with Crippen LogP contribution in [0, 0.1) is 0 Å². The summed E-state index contributed by atoms with van der Waals surface area (Å²) in [7, 11) is 1.44. The normalized spacial score (nSPS) is 15.2. The van der Waals surface area contributed by atoms with E-state index in [9.17, 15) is 19.5 Å². The summed E-state index contributed by atoms with van der Waals surface area (Å²) in [6.07, 6.45) is 2.11. The molecule has 0 spiro atoms. The van der Waals surface area contributed by atoms with Gasteiger partial charge in [0.15, 0.2) is 11.5 Å². The molecule has 0 aliphatic carbocycles. The van der Waals surface area contributed by atoms with Crippen LogP contribution in [0.4, 0.5) is 0 Å². The molecule has 150 valence electrons. The number of thiocarbonyl (C=S) groups is 1. The summed E-state index contributed by atoms with van der Waals surface area (Å²) in [6, 6.07) is 4.75. The van der Waals surface area contributed by atoms with Crippen LogP contribution < -0.4 is 10.1 Å². The first-order chi connectivity index (χ1) is 13.3. The van der Waals surface area contributed by atoms with Crippen LogP contribution in [0.5, 0.6) is 11.5 Å². The van der Waals surface area contributed by atoms with Crippen LogP contribution in [0.1, 0.15) is 24.8 Å². The van der Waals surface area contributed by atoms with Crippen molar-refractivity contribution in [2.45, 2.75) is 19.3 Å². The zero-order chi connectivity index (χ0) is 20.7. The van der Waals surface area contributed by atoms with Gasteiger partial charge in [0.25, 0.3) is 5.91 Å². The number of phenols is 1. The second-order valence-corrected chi connectivity index (χ2v) is 7.54. The lowest BCUT2D eigenvalue weighted by Crippen LogP contribution is -2.31. The SMILES string of the molecule is COc1cc(/C=C2\SC(=S)N(CCCC(=O)NCCC(=O)O)C2=O)ccc1O. The van der Waals surface area contributed by atoms with Gasteiger partial charge in [-0.05, 0) is 30.2 Å². The van der Waals surface area contributed by atoms with Crippen molar-refractivity contribution in [1.29, 1.82) is 0 Å². The van der Waals surface area contributed by atoms with Crippen molar-refractivity contribution in [1.82, 2.24) is 10.2 Å². The van der Waals surface area contributed by atoms with Crippen LogP contribution >= 0.6 is 24.0 Å². The minimum Gasteiger partial charge on any atom is -0.504 e. The molecule has 0 atom stereocenters. The molecule has 10 heteroatoms. The van der Waals surface area contributed by atoms with E-state index in [1.165, 1.54) is 29.8 Å². The van der Waals surface area contributed by atoms with Crippen LogP contribution in [-0.2, 0) is 14.4 Å². The third-order valence-corrected chi connectivity index (χ3v) is 5.20. The Morgan fingerprint density at radius 1 is 1.36 bits per heavy atom. The van der Waals surface area contributed by atoms with Crippen molar-refractivity contribution in [2.75, 3.05) is 20.2 Å². The van der Waals surface area contributed by atoms with Gasteiger partial charge in [-0.25, -0.2) is 0 Å². The molecule has 1 fully saturated rings. The average Bonchev–Trinajstić information content (AvgIpc) is 2.90. The predicted octanol–water partition coefficient (Wildman–Crippen LogP) is 1.97. The first kappa shape index (κ1) is 21.7. The highest BCUT2D eigenvalue weighted by molar-refractivity contribution is 8.26. The number of thioether (sulfide) groups is 1. The third-order valence-electron chi connectivity index (χ3n) is 3.82. The monoisotopic (exact) mass is 424 g/mol. The number of hydrogen-bond acceptors (Lipinski definition) is 7. The molecule has 1 heterocycles. The maximum atomic E-state index is 12.6. The first-order valence-corrected chi connectivity index (χ1v) is 9.65. The number of amides is 2. The molecule has 1 aromatic rings. The van der Waals surface area contributed by atoms with Gasteiger partial charge in [0.1, 0.15) is 4.32 Å². The van der Waals surface area contributed by atoms with Crippen molar-refractivity contribution in [3.63, 3.8) is 0 Å². The van der Waals surface area contributed by atoms with Crippen molar-refractivity contribution >= 4 is 52.2 Å². The number of ether oxygens (including phenoxy) is 1. The molecule has 0 bridgehead atoms. The van der Waals surface area contributed by atoms with E-state index in [4.69, 9.17) is 22.1 Å². The number of carboxylic acids is 1. The van der Waals surface area contributed by atoms with Crippen molar-refractivity contribution in [3.8, 4) is 11.5 Å². The van der Waals surface area contributed by atoms with Gasteiger partial charge in [-0.2, -0.15) is 0 Å². The van der Waals surface area contributed by atoms with Gasteiger partial charge in [-0.3, -0.25) is 19.3 Å². The Labute approximate surface area is 171 Å². The number of aromatic hydroxyl groups is 1. The van der Waals surface area contributed by atoms with E-state index >= 15 is 0 Å². The fourth-order valence-electron chi connectivity index (χ4n) is 2.42. The molecule has 28 heavy (non-hydrogen) atoms. The van der Waals surface area contributed by atoms with E-state index in [1.54, 1.807) is 18.2 Å². The van der Waals surface area contributed by atoms with E-state index in [0.717, 1.165) is 0 Å². The Hall–Kier alpha value is -2.59. The molecule has 0 unspecified atom stereocenters. The van der Waals surface area contributed by atoms with Crippen LogP contribution in [0.25, 0.3) is 6.08 Å². The Morgan fingerprint density at radius 2 is 2.11 bits per heavy atom. The molecule has 0 radical (unpaired) electrons. The lowest BCUT2D eigenvalue weighted by atomic mass is 10.2. The molecule has 8 nitrogen and oxygen atoms in total. The number of benzene rings is 1. The quantitative estimate of drug-likeness (QED) is 0.407. The highest BCUT2D eigenvalue weighted by Gasteiger charge is 2.31. The molecule has 2 rings (SSSR count). The molecule has 1 aliphatic rings. The summed E-state index contributed by atoms with van der Waals surface area (Å²) in [5.74, 6) is -1.17. The van der Waals surface area contributed by atoms with Gasteiger partial charge in [-0.1, -0.05) is 30.0 Å². The summed E-state index contributed by atoms with van der Waals surface area (Å²) in [4.78, 5) is 36.5. The molecule has 1 aromatic carbocycles. The zero-order valence-electron chi connectivity index (χ0n) is 15.1. The molecule has 1 saturated heterocycles. The number of methoxy groups -OCH3 is 1. The van der Waals surface area contributed by atoms with Crippen LogP contribution in [0.15, 0.2) is 23.1 Å². The summed E-state index contributed by atoms with van der Waals surface area (Å²) in [5.41, 5.74) is 0.688. The van der Waals surface area contributed by atoms with Crippen LogP contribution in [0.3, 0.4) is 0 Å². The molecule has 3 N–H and O–H groups in total. The summed E-state index contributed by atoms with van der Waals surface area (Å²) in [5, 5.41) is 20.7. The van der Waals surface area contributed by atoms with Crippen LogP contribution in [0.2, 0.25) is 0 Å². The smallest absolute Gasteiger partial charge is 0.305 e. The zero-order valence-corrected chi connectivity index (χ0v) is 16.8.